The summed E-state index contributed by atoms with van der Waals surface area (Å²) in [6.07, 6.45) is 6.08. The van der Waals surface area contributed by atoms with Crippen molar-refractivity contribution in [3.8, 4) is 0 Å². The van der Waals surface area contributed by atoms with Crippen molar-refractivity contribution in [3.63, 3.8) is 0 Å². The number of nitrogens with zero attached hydrogens (tertiary/aromatic N) is 2. The number of hydrogen-bond acceptors (Lipinski definition) is 3. The molecule has 2 heterocycles. The van der Waals surface area contributed by atoms with Crippen molar-refractivity contribution >= 4 is 21.6 Å². The largest absolute Gasteiger partial charge is 0.371 e. The van der Waals surface area contributed by atoms with Gasteiger partial charge in [0.2, 0.25) is 0 Å². The molecular formula is C17H20BrN3. The Bertz CT molecular complexity index is 600. The van der Waals surface area contributed by atoms with Crippen LogP contribution in [0.4, 0.5) is 5.69 Å². The van der Waals surface area contributed by atoms with E-state index >= 15 is 0 Å². The topological polar surface area (TPSA) is 28.2 Å². The van der Waals surface area contributed by atoms with Gasteiger partial charge in [-0.3, -0.25) is 4.98 Å². The third-order valence-electron chi connectivity index (χ3n) is 3.86. The quantitative estimate of drug-likeness (QED) is 0.813. The molecule has 1 aliphatic heterocycles. The van der Waals surface area contributed by atoms with Crippen LogP contribution < -0.4 is 10.2 Å². The summed E-state index contributed by atoms with van der Waals surface area (Å²) in [4.78, 5) is 6.67. The van der Waals surface area contributed by atoms with Gasteiger partial charge in [0.05, 0.1) is 0 Å². The molecule has 4 heteroatoms. The minimum atomic E-state index is 0.878. The summed E-state index contributed by atoms with van der Waals surface area (Å²) in [5, 5.41) is 3.49. The van der Waals surface area contributed by atoms with Gasteiger partial charge in [-0.2, -0.15) is 0 Å². The number of nitrogens with one attached hydrogen (secondary N) is 1. The zero-order chi connectivity index (χ0) is 14.5. The molecule has 0 bridgehead atoms. The van der Waals surface area contributed by atoms with Crippen molar-refractivity contribution in [2.75, 3.05) is 24.5 Å². The fraction of sp³-hybridized carbons (Fsp3) is 0.353. The Labute approximate surface area is 134 Å². The van der Waals surface area contributed by atoms with Crippen LogP contribution in [0.2, 0.25) is 0 Å². The molecule has 21 heavy (non-hydrogen) atoms. The van der Waals surface area contributed by atoms with E-state index in [1.54, 1.807) is 0 Å². The molecule has 0 fully saturated rings. The van der Waals surface area contributed by atoms with Gasteiger partial charge >= 0.3 is 0 Å². The van der Waals surface area contributed by atoms with Crippen LogP contribution in [0, 0.1) is 0 Å². The smallest absolute Gasteiger partial charge is 0.0410 e. The average molecular weight is 346 g/mol. The van der Waals surface area contributed by atoms with Crippen molar-refractivity contribution in [2.24, 2.45) is 0 Å². The Kier molecular flexibility index (Phi) is 4.88. The van der Waals surface area contributed by atoms with E-state index in [2.05, 4.69) is 61.5 Å². The van der Waals surface area contributed by atoms with E-state index in [9.17, 15) is 0 Å². The molecule has 0 aliphatic carbocycles. The molecule has 2 aromatic rings. The lowest BCUT2D eigenvalue weighted by atomic mass is 10.2. The van der Waals surface area contributed by atoms with E-state index in [0.29, 0.717) is 0 Å². The van der Waals surface area contributed by atoms with Gasteiger partial charge < -0.3 is 10.2 Å². The summed E-state index contributed by atoms with van der Waals surface area (Å²) in [6.45, 7) is 4.20. The van der Waals surface area contributed by atoms with Crippen molar-refractivity contribution in [1.82, 2.24) is 10.3 Å². The van der Waals surface area contributed by atoms with E-state index in [1.165, 1.54) is 23.2 Å². The zero-order valence-corrected chi connectivity index (χ0v) is 13.6. The van der Waals surface area contributed by atoms with Crippen LogP contribution in [-0.2, 0) is 13.0 Å². The molecule has 110 valence electrons. The Balaban J connectivity index is 1.40. The summed E-state index contributed by atoms with van der Waals surface area (Å²) in [7, 11) is 0. The molecule has 0 spiro atoms. The highest BCUT2D eigenvalue weighted by atomic mass is 79.9. The number of anilines is 1. The molecular weight excluding hydrogens is 326 g/mol. The molecule has 0 saturated heterocycles. The standard InChI is InChI=1S/C17H20BrN3/c18-16-10-14(12-20-13-16)11-19-7-3-8-21-9-6-15-4-1-2-5-17(15)21/h1-2,4-5,10,12-13,19H,3,6-9,11H2. The summed E-state index contributed by atoms with van der Waals surface area (Å²) in [5.41, 5.74) is 4.13. The molecule has 1 aromatic heterocycles. The third kappa shape index (κ3) is 3.83. The monoisotopic (exact) mass is 345 g/mol. The minimum Gasteiger partial charge on any atom is -0.371 e. The van der Waals surface area contributed by atoms with E-state index in [-0.39, 0.29) is 0 Å². The molecule has 3 nitrogen and oxygen atoms in total. The summed E-state index contributed by atoms with van der Waals surface area (Å²) < 4.78 is 1.04. The van der Waals surface area contributed by atoms with Gasteiger partial charge in [-0.05, 0) is 58.6 Å². The first kappa shape index (κ1) is 14.5. The van der Waals surface area contributed by atoms with Crippen LogP contribution in [0.15, 0.2) is 47.2 Å². The van der Waals surface area contributed by atoms with Gasteiger partial charge in [0.1, 0.15) is 0 Å². The van der Waals surface area contributed by atoms with Gasteiger partial charge in [-0.15, -0.1) is 0 Å². The maximum atomic E-state index is 4.18. The fourth-order valence-corrected chi connectivity index (χ4v) is 3.23. The Morgan fingerprint density at radius 1 is 1.24 bits per heavy atom. The van der Waals surface area contributed by atoms with Crippen molar-refractivity contribution in [2.45, 2.75) is 19.4 Å². The Morgan fingerprint density at radius 2 is 2.14 bits per heavy atom. The first-order valence-electron chi connectivity index (χ1n) is 7.46. The van der Waals surface area contributed by atoms with E-state index in [1.807, 2.05) is 12.4 Å². The van der Waals surface area contributed by atoms with Crippen LogP contribution >= 0.6 is 15.9 Å². The van der Waals surface area contributed by atoms with Crippen LogP contribution in [0.25, 0.3) is 0 Å². The fourth-order valence-electron chi connectivity index (χ4n) is 2.82. The number of benzene rings is 1. The van der Waals surface area contributed by atoms with E-state index in [4.69, 9.17) is 0 Å². The molecule has 0 atom stereocenters. The van der Waals surface area contributed by atoms with Gasteiger partial charge in [-0.1, -0.05) is 18.2 Å². The Morgan fingerprint density at radius 3 is 3.05 bits per heavy atom. The lowest BCUT2D eigenvalue weighted by Gasteiger charge is -2.19. The highest BCUT2D eigenvalue weighted by Gasteiger charge is 2.16. The van der Waals surface area contributed by atoms with E-state index in [0.717, 1.165) is 37.1 Å². The number of aromatic nitrogens is 1. The number of hydrogen-bond donors (Lipinski definition) is 1. The van der Waals surface area contributed by atoms with Gasteiger partial charge in [0.25, 0.3) is 0 Å². The number of halogens is 1. The summed E-state index contributed by atoms with van der Waals surface area (Å²) >= 11 is 3.45. The zero-order valence-electron chi connectivity index (χ0n) is 12.1. The van der Waals surface area contributed by atoms with Gasteiger partial charge in [0, 0.05) is 42.2 Å². The van der Waals surface area contributed by atoms with E-state index < -0.39 is 0 Å². The SMILES string of the molecule is Brc1cncc(CNCCCN2CCc3ccccc32)c1. The number of pyridine rings is 1. The summed E-state index contributed by atoms with van der Waals surface area (Å²) in [6, 6.07) is 10.9. The molecule has 3 rings (SSSR count). The second-order valence-electron chi connectivity index (χ2n) is 5.41. The number of fused-ring (bicyclic) bond motifs is 1. The molecule has 0 saturated carbocycles. The highest BCUT2D eigenvalue weighted by molar-refractivity contribution is 9.10. The third-order valence-corrected chi connectivity index (χ3v) is 4.29. The number of rotatable bonds is 6. The first-order valence-corrected chi connectivity index (χ1v) is 8.25. The molecule has 0 unspecified atom stereocenters. The predicted molar refractivity (Wildman–Crippen MR) is 90.6 cm³/mol. The van der Waals surface area contributed by atoms with Crippen molar-refractivity contribution < 1.29 is 0 Å². The average Bonchev–Trinajstić information content (AvgIpc) is 2.90. The second-order valence-corrected chi connectivity index (χ2v) is 6.32. The maximum Gasteiger partial charge on any atom is 0.0410 e. The molecule has 0 radical (unpaired) electrons. The lowest BCUT2D eigenvalue weighted by Crippen LogP contribution is -2.25. The van der Waals surface area contributed by atoms with Crippen LogP contribution in [0.1, 0.15) is 17.5 Å². The van der Waals surface area contributed by atoms with Crippen LogP contribution in [0.3, 0.4) is 0 Å². The maximum absolute atomic E-state index is 4.18. The predicted octanol–water partition coefficient (Wildman–Crippen LogP) is 3.39. The van der Waals surface area contributed by atoms with Crippen molar-refractivity contribution in [3.05, 3.63) is 58.3 Å². The van der Waals surface area contributed by atoms with Gasteiger partial charge in [0.15, 0.2) is 0 Å². The lowest BCUT2D eigenvalue weighted by molar-refractivity contribution is 0.637. The number of para-hydroxylation sites is 1. The van der Waals surface area contributed by atoms with Crippen molar-refractivity contribution in [1.29, 1.82) is 0 Å². The van der Waals surface area contributed by atoms with Crippen LogP contribution in [0.5, 0.6) is 0 Å². The normalized spacial score (nSPS) is 13.5. The second kappa shape index (κ2) is 7.05. The molecule has 1 N–H and O–H groups in total. The Hall–Kier alpha value is -1.39. The van der Waals surface area contributed by atoms with Gasteiger partial charge in [-0.25, -0.2) is 0 Å². The van der Waals surface area contributed by atoms with Crippen LogP contribution in [-0.4, -0.2) is 24.6 Å². The molecule has 0 amide bonds. The highest BCUT2D eigenvalue weighted by Crippen LogP contribution is 2.27. The minimum absolute atomic E-state index is 0.878. The first-order chi connectivity index (χ1) is 10.3. The molecule has 1 aliphatic rings. The molecule has 1 aromatic carbocycles. The summed E-state index contributed by atoms with van der Waals surface area (Å²) in [5.74, 6) is 0.